The van der Waals surface area contributed by atoms with Gasteiger partial charge in [0.1, 0.15) is 16.9 Å². The number of nitrogens with zero attached hydrogens (tertiary/aromatic N) is 8. The minimum atomic E-state index is -0.0721. The summed E-state index contributed by atoms with van der Waals surface area (Å²) in [6.07, 6.45) is 2.76. The Balaban J connectivity index is 1.48. The second-order valence-electron chi connectivity index (χ2n) is 8.99. The van der Waals surface area contributed by atoms with Gasteiger partial charge in [0.15, 0.2) is 0 Å². The lowest BCUT2D eigenvalue weighted by Gasteiger charge is -2.48. The normalized spacial score (nSPS) is 20.1. The molecule has 9 nitrogen and oxygen atoms in total. The Kier molecular flexibility index (Phi) is 5.83. The van der Waals surface area contributed by atoms with Crippen LogP contribution in [0.5, 0.6) is 0 Å². The average molecular weight is 477 g/mol. The minimum Gasteiger partial charge on any atom is -0.364 e. The number of aryl methyl sites for hydroxylation is 1. The van der Waals surface area contributed by atoms with Crippen molar-refractivity contribution in [1.29, 1.82) is 5.26 Å². The Hall–Kier alpha value is -3.29. The molecular weight excluding hydrogens is 448 g/mol. The molecule has 0 bridgehead atoms. The van der Waals surface area contributed by atoms with Crippen LogP contribution >= 0.6 is 11.3 Å². The minimum absolute atomic E-state index is 0.0721. The van der Waals surface area contributed by atoms with E-state index in [-0.39, 0.29) is 24.2 Å². The summed E-state index contributed by atoms with van der Waals surface area (Å²) >= 11 is 1.57. The van der Waals surface area contributed by atoms with Gasteiger partial charge in [0.05, 0.1) is 40.2 Å². The van der Waals surface area contributed by atoms with Crippen molar-refractivity contribution in [1.82, 2.24) is 29.2 Å². The highest BCUT2D eigenvalue weighted by Gasteiger charge is 2.35. The zero-order chi connectivity index (χ0) is 24.0. The number of aromatic nitrogens is 5. The predicted molar refractivity (Wildman–Crippen MR) is 134 cm³/mol. The summed E-state index contributed by atoms with van der Waals surface area (Å²) in [5, 5.41) is 13.8. The van der Waals surface area contributed by atoms with E-state index in [1.807, 2.05) is 5.51 Å². The fourth-order valence-electron chi connectivity index (χ4n) is 5.02. The van der Waals surface area contributed by atoms with Gasteiger partial charge >= 0.3 is 0 Å². The van der Waals surface area contributed by atoms with Crippen molar-refractivity contribution in [3.8, 4) is 6.07 Å². The standard InChI is InChI=1S/C24H28N8OS/c1-5-17-12-31(20-10-22(33)29(4)21-13-30(9-8-25)28-23(20)21)15(2)11-32(17)16(3)18-6-7-19-24(27-18)34-14-26-19/h6-7,10,13-17H,5,9,11-12H2,1-4H3/t15-,16?,17+/m0/s1. The molecule has 5 heterocycles. The van der Waals surface area contributed by atoms with Crippen LogP contribution in [0.25, 0.3) is 21.4 Å². The maximum atomic E-state index is 12.8. The van der Waals surface area contributed by atoms with Crippen molar-refractivity contribution in [2.24, 2.45) is 7.05 Å². The molecule has 1 saturated heterocycles. The third-order valence-electron chi connectivity index (χ3n) is 6.98. The van der Waals surface area contributed by atoms with Gasteiger partial charge in [0, 0.05) is 44.3 Å². The van der Waals surface area contributed by atoms with Crippen LogP contribution in [-0.2, 0) is 13.6 Å². The van der Waals surface area contributed by atoms with Gasteiger partial charge in [-0.15, -0.1) is 11.3 Å². The molecule has 34 heavy (non-hydrogen) atoms. The van der Waals surface area contributed by atoms with E-state index in [1.54, 1.807) is 39.9 Å². The number of fused-ring (bicyclic) bond motifs is 2. The lowest BCUT2D eigenvalue weighted by atomic mass is 10.00. The molecule has 0 spiro atoms. The molecular formula is C24H28N8OS. The molecule has 4 aromatic heterocycles. The molecule has 0 amide bonds. The van der Waals surface area contributed by atoms with Crippen molar-refractivity contribution in [2.45, 2.75) is 51.9 Å². The smallest absolute Gasteiger partial charge is 0.252 e. The second kappa shape index (κ2) is 8.81. The molecule has 1 aliphatic heterocycles. The number of hydrogen-bond acceptors (Lipinski definition) is 8. The molecule has 0 aromatic carbocycles. The molecule has 3 atom stereocenters. The van der Waals surface area contributed by atoms with Crippen molar-refractivity contribution < 1.29 is 0 Å². The number of hydrogen-bond donors (Lipinski definition) is 0. The first kappa shape index (κ1) is 22.5. The molecule has 4 aromatic rings. The molecule has 1 aliphatic rings. The number of thiazole rings is 1. The van der Waals surface area contributed by atoms with Gasteiger partial charge in [0.25, 0.3) is 5.56 Å². The Morgan fingerprint density at radius 1 is 1.32 bits per heavy atom. The predicted octanol–water partition coefficient (Wildman–Crippen LogP) is 3.31. The van der Waals surface area contributed by atoms with Gasteiger partial charge in [-0.2, -0.15) is 10.4 Å². The van der Waals surface area contributed by atoms with Crippen LogP contribution in [0.3, 0.4) is 0 Å². The number of anilines is 1. The fourth-order valence-corrected chi connectivity index (χ4v) is 5.68. The summed E-state index contributed by atoms with van der Waals surface area (Å²) < 4.78 is 3.20. The molecule has 0 N–H and O–H groups in total. The van der Waals surface area contributed by atoms with Gasteiger partial charge in [-0.1, -0.05) is 6.92 Å². The lowest BCUT2D eigenvalue weighted by molar-refractivity contribution is 0.104. The first-order chi connectivity index (χ1) is 16.4. The van der Waals surface area contributed by atoms with E-state index >= 15 is 0 Å². The third-order valence-corrected chi connectivity index (χ3v) is 7.71. The Morgan fingerprint density at radius 3 is 2.91 bits per heavy atom. The highest BCUT2D eigenvalue weighted by atomic mass is 32.1. The zero-order valence-electron chi connectivity index (χ0n) is 19.8. The van der Waals surface area contributed by atoms with Crippen LogP contribution < -0.4 is 10.5 Å². The average Bonchev–Trinajstić information content (AvgIpc) is 3.48. The van der Waals surface area contributed by atoms with Crippen LogP contribution in [-0.4, -0.2) is 54.4 Å². The van der Waals surface area contributed by atoms with E-state index in [0.717, 1.165) is 52.3 Å². The highest BCUT2D eigenvalue weighted by Crippen LogP contribution is 2.33. The van der Waals surface area contributed by atoms with Gasteiger partial charge in [-0.3, -0.25) is 14.4 Å². The quantitative estimate of drug-likeness (QED) is 0.436. The van der Waals surface area contributed by atoms with Gasteiger partial charge < -0.3 is 9.47 Å². The summed E-state index contributed by atoms with van der Waals surface area (Å²) in [4.78, 5) is 27.8. The summed E-state index contributed by atoms with van der Waals surface area (Å²) in [5.41, 5.74) is 6.12. The summed E-state index contributed by atoms with van der Waals surface area (Å²) in [6, 6.07) is 8.60. The third kappa shape index (κ3) is 3.75. The Bertz CT molecular complexity index is 1450. The van der Waals surface area contributed by atoms with Crippen LogP contribution in [0.1, 0.15) is 38.9 Å². The largest absolute Gasteiger partial charge is 0.364 e. The molecule has 0 radical (unpaired) electrons. The maximum absolute atomic E-state index is 12.8. The summed E-state index contributed by atoms with van der Waals surface area (Å²) in [5.74, 6) is 0. The van der Waals surface area contributed by atoms with Gasteiger partial charge in [-0.25, -0.2) is 9.97 Å². The van der Waals surface area contributed by atoms with E-state index in [0.29, 0.717) is 6.04 Å². The molecule has 1 unspecified atom stereocenters. The topological polar surface area (TPSA) is 95.9 Å². The fraction of sp³-hybridized carbons (Fsp3) is 0.458. The molecule has 176 valence electrons. The van der Waals surface area contributed by atoms with Crippen LogP contribution in [0.2, 0.25) is 0 Å². The highest BCUT2D eigenvalue weighted by molar-refractivity contribution is 7.16. The molecule has 5 rings (SSSR count). The van der Waals surface area contributed by atoms with E-state index in [2.05, 4.69) is 58.9 Å². The first-order valence-electron chi connectivity index (χ1n) is 11.6. The van der Waals surface area contributed by atoms with E-state index < -0.39 is 0 Å². The first-order valence-corrected chi connectivity index (χ1v) is 12.5. The monoisotopic (exact) mass is 476 g/mol. The van der Waals surface area contributed by atoms with Crippen LogP contribution in [0.15, 0.2) is 34.7 Å². The number of piperazine rings is 1. The number of pyridine rings is 2. The van der Waals surface area contributed by atoms with Crippen molar-refractivity contribution in [3.63, 3.8) is 0 Å². The SMILES string of the molecule is CC[C@@H]1CN(c2cc(=O)n(C)c3cn(CC#N)nc23)[C@@H](C)CN1C(C)c1ccc2ncsc2n1. The lowest BCUT2D eigenvalue weighted by Crippen LogP contribution is -2.58. The molecule has 1 fully saturated rings. The Morgan fingerprint density at radius 2 is 2.15 bits per heavy atom. The van der Waals surface area contributed by atoms with E-state index in [4.69, 9.17) is 10.2 Å². The van der Waals surface area contributed by atoms with E-state index in [9.17, 15) is 4.79 Å². The van der Waals surface area contributed by atoms with Crippen LogP contribution in [0, 0.1) is 11.3 Å². The maximum Gasteiger partial charge on any atom is 0.252 e. The van der Waals surface area contributed by atoms with Gasteiger partial charge in [-0.05, 0) is 32.4 Å². The van der Waals surface area contributed by atoms with Crippen LogP contribution in [0.4, 0.5) is 5.69 Å². The molecule has 0 aliphatic carbocycles. The van der Waals surface area contributed by atoms with E-state index in [1.165, 1.54) is 0 Å². The van der Waals surface area contributed by atoms with Crippen molar-refractivity contribution >= 4 is 38.4 Å². The van der Waals surface area contributed by atoms with Crippen molar-refractivity contribution in [2.75, 3.05) is 18.0 Å². The molecule has 0 saturated carbocycles. The molecule has 10 heteroatoms. The van der Waals surface area contributed by atoms with Gasteiger partial charge in [0.2, 0.25) is 0 Å². The number of nitriles is 1. The second-order valence-corrected chi connectivity index (χ2v) is 9.83. The van der Waals surface area contributed by atoms with Crippen molar-refractivity contribution in [3.05, 3.63) is 46.0 Å². The summed E-state index contributed by atoms with van der Waals surface area (Å²) in [7, 11) is 1.75. The summed E-state index contributed by atoms with van der Waals surface area (Å²) in [6.45, 7) is 8.41. The zero-order valence-corrected chi connectivity index (χ0v) is 20.7. The number of rotatable bonds is 5. The Labute approximate surface area is 201 Å².